The van der Waals surface area contributed by atoms with Crippen molar-refractivity contribution in [2.45, 2.75) is 35.1 Å². The number of thiophene rings is 2. The summed E-state index contributed by atoms with van der Waals surface area (Å²) in [5.74, 6) is 0. The van der Waals surface area contributed by atoms with Crippen LogP contribution < -0.4 is 0 Å². The molecule has 0 radical (unpaired) electrons. The van der Waals surface area contributed by atoms with Gasteiger partial charge in [-0.05, 0) is 63.1 Å². The second-order valence-corrected chi connectivity index (χ2v) is 7.89. The highest BCUT2D eigenvalue weighted by Crippen LogP contribution is 2.26. The summed E-state index contributed by atoms with van der Waals surface area (Å²) in [6.07, 6.45) is 3.73. The van der Waals surface area contributed by atoms with Gasteiger partial charge in [0.1, 0.15) is 4.83 Å². The first-order chi connectivity index (χ1) is 10.5. The summed E-state index contributed by atoms with van der Waals surface area (Å²) >= 11 is 3.57. The number of hydrogen-bond acceptors (Lipinski definition) is 4. The van der Waals surface area contributed by atoms with Gasteiger partial charge in [0.15, 0.2) is 0 Å². The molecule has 0 spiro atoms. The van der Waals surface area contributed by atoms with Gasteiger partial charge in [-0.25, -0.2) is 4.98 Å². The lowest BCUT2D eigenvalue weighted by atomic mass is 10.2. The Kier molecular flexibility index (Phi) is 5.50. The van der Waals surface area contributed by atoms with E-state index in [-0.39, 0.29) is 7.43 Å². The van der Waals surface area contributed by atoms with Crippen LogP contribution in [0.2, 0.25) is 0 Å². The van der Waals surface area contributed by atoms with Crippen molar-refractivity contribution in [3.05, 3.63) is 57.5 Å². The van der Waals surface area contributed by atoms with E-state index in [1.54, 1.807) is 11.3 Å². The van der Waals surface area contributed by atoms with Crippen LogP contribution in [-0.4, -0.2) is 9.97 Å². The first kappa shape index (κ1) is 17.6. The predicted molar refractivity (Wildman–Crippen MR) is 105 cm³/mol. The van der Waals surface area contributed by atoms with E-state index in [0.29, 0.717) is 0 Å². The van der Waals surface area contributed by atoms with Crippen molar-refractivity contribution >= 4 is 43.1 Å². The van der Waals surface area contributed by atoms with E-state index >= 15 is 0 Å². The van der Waals surface area contributed by atoms with E-state index in [1.165, 1.54) is 31.0 Å². The van der Waals surface area contributed by atoms with Crippen molar-refractivity contribution in [2.24, 2.45) is 0 Å². The third-order valence-electron chi connectivity index (χ3n) is 3.51. The van der Waals surface area contributed by atoms with Crippen LogP contribution in [0.3, 0.4) is 0 Å². The van der Waals surface area contributed by atoms with Gasteiger partial charge in [0.05, 0.1) is 10.2 Å². The predicted octanol–water partition coefficient (Wildman–Crippen LogP) is 6.46. The Morgan fingerprint density at radius 3 is 2.13 bits per heavy atom. The molecule has 0 saturated carbocycles. The molecule has 4 aromatic rings. The SMILES string of the molecule is C.Cc1cc2c(C)ccnc2s1.Cc1cc2nccc(C)c2s1. The van der Waals surface area contributed by atoms with Gasteiger partial charge in [-0.1, -0.05) is 7.43 Å². The van der Waals surface area contributed by atoms with Crippen molar-refractivity contribution in [3.8, 4) is 0 Å². The van der Waals surface area contributed by atoms with Gasteiger partial charge in [0, 0.05) is 27.5 Å². The van der Waals surface area contributed by atoms with Gasteiger partial charge in [-0.3, -0.25) is 4.98 Å². The minimum atomic E-state index is 0. The standard InChI is InChI=1S/2C9H9NS.CH4/c1-6-3-4-10-8-5-7(2)11-9(6)8;1-6-3-4-10-9-8(6)5-7(2)11-9;/h2*3-5H,1-2H3;1H4. The van der Waals surface area contributed by atoms with Gasteiger partial charge in [0.25, 0.3) is 0 Å². The molecule has 4 heterocycles. The molecule has 2 nitrogen and oxygen atoms in total. The Labute approximate surface area is 145 Å². The number of aryl methyl sites for hydroxylation is 4. The molecule has 0 aliphatic heterocycles. The number of fused-ring (bicyclic) bond motifs is 2. The van der Waals surface area contributed by atoms with E-state index < -0.39 is 0 Å². The molecule has 4 rings (SSSR count). The summed E-state index contributed by atoms with van der Waals surface area (Å²) in [7, 11) is 0. The van der Waals surface area contributed by atoms with Crippen LogP contribution in [0.4, 0.5) is 0 Å². The fraction of sp³-hybridized carbons (Fsp3) is 0.263. The molecule has 0 aromatic carbocycles. The highest BCUT2D eigenvalue weighted by Gasteiger charge is 2.01. The van der Waals surface area contributed by atoms with Crippen LogP contribution in [0.5, 0.6) is 0 Å². The molecule has 120 valence electrons. The van der Waals surface area contributed by atoms with Crippen LogP contribution in [-0.2, 0) is 0 Å². The Balaban J connectivity index is 0.000000160. The lowest BCUT2D eigenvalue weighted by molar-refractivity contribution is 1.38. The van der Waals surface area contributed by atoms with Gasteiger partial charge in [-0.2, -0.15) is 0 Å². The third-order valence-corrected chi connectivity index (χ3v) is 5.64. The van der Waals surface area contributed by atoms with E-state index in [0.717, 1.165) is 10.3 Å². The van der Waals surface area contributed by atoms with E-state index in [2.05, 4.69) is 61.9 Å². The minimum Gasteiger partial charge on any atom is -0.255 e. The molecular weight excluding hydrogens is 320 g/mol. The van der Waals surface area contributed by atoms with Crippen LogP contribution >= 0.6 is 22.7 Å². The number of pyridine rings is 2. The van der Waals surface area contributed by atoms with Crippen LogP contribution in [0.25, 0.3) is 20.4 Å². The van der Waals surface area contributed by atoms with Crippen molar-refractivity contribution in [3.63, 3.8) is 0 Å². The van der Waals surface area contributed by atoms with E-state index in [1.807, 2.05) is 23.7 Å². The van der Waals surface area contributed by atoms with Crippen molar-refractivity contribution in [1.29, 1.82) is 0 Å². The second kappa shape index (κ2) is 7.20. The molecule has 4 heteroatoms. The largest absolute Gasteiger partial charge is 0.255 e. The Morgan fingerprint density at radius 2 is 1.43 bits per heavy atom. The summed E-state index contributed by atoms with van der Waals surface area (Å²) < 4.78 is 1.32. The average molecular weight is 343 g/mol. The lowest BCUT2D eigenvalue weighted by Gasteiger charge is -1.90. The maximum absolute atomic E-state index is 4.28. The normalized spacial score (nSPS) is 10.3. The fourth-order valence-corrected chi connectivity index (χ4v) is 4.23. The lowest BCUT2D eigenvalue weighted by Crippen LogP contribution is -1.74. The molecule has 0 aliphatic carbocycles. The van der Waals surface area contributed by atoms with E-state index in [4.69, 9.17) is 0 Å². The number of rotatable bonds is 0. The molecular formula is C19H22N2S2. The molecule has 0 aliphatic rings. The Hall–Kier alpha value is -1.78. The summed E-state index contributed by atoms with van der Waals surface area (Å²) in [6, 6.07) is 8.43. The first-order valence-electron chi connectivity index (χ1n) is 7.18. The van der Waals surface area contributed by atoms with Crippen molar-refractivity contribution < 1.29 is 0 Å². The van der Waals surface area contributed by atoms with E-state index in [9.17, 15) is 0 Å². The van der Waals surface area contributed by atoms with Gasteiger partial charge in [0.2, 0.25) is 0 Å². The topological polar surface area (TPSA) is 25.8 Å². The summed E-state index contributed by atoms with van der Waals surface area (Å²) in [6.45, 7) is 8.48. The number of nitrogens with zero attached hydrogens (tertiary/aromatic N) is 2. The smallest absolute Gasteiger partial charge is 0.123 e. The maximum atomic E-state index is 4.28. The van der Waals surface area contributed by atoms with Gasteiger partial charge < -0.3 is 0 Å². The van der Waals surface area contributed by atoms with Crippen LogP contribution in [0.15, 0.2) is 36.7 Å². The molecule has 23 heavy (non-hydrogen) atoms. The molecule has 4 aromatic heterocycles. The molecule has 0 saturated heterocycles. The van der Waals surface area contributed by atoms with Gasteiger partial charge >= 0.3 is 0 Å². The number of aromatic nitrogens is 2. The Bertz CT molecular complexity index is 857. The maximum Gasteiger partial charge on any atom is 0.123 e. The Morgan fingerprint density at radius 1 is 0.783 bits per heavy atom. The zero-order valence-corrected chi connectivity index (χ0v) is 14.8. The molecule has 0 bridgehead atoms. The van der Waals surface area contributed by atoms with Crippen LogP contribution in [0.1, 0.15) is 28.3 Å². The highest BCUT2D eigenvalue weighted by atomic mass is 32.1. The quantitative estimate of drug-likeness (QED) is 0.366. The molecule has 0 fully saturated rings. The first-order valence-corrected chi connectivity index (χ1v) is 8.81. The highest BCUT2D eigenvalue weighted by molar-refractivity contribution is 7.19. The fourth-order valence-electron chi connectivity index (χ4n) is 2.37. The molecule has 0 atom stereocenters. The van der Waals surface area contributed by atoms with Crippen molar-refractivity contribution in [1.82, 2.24) is 9.97 Å². The number of hydrogen-bond donors (Lipinski definition) is 0. The average Bonchev–Trinajstić information content (AvgIpc) is 3.03. The third kappa shape index (κ3) is 3.77. The second-order valence-electron chi connectivity index (χ2n) is 5.40. The van der Waals surface area contributed by atoms with Gasteiger partial charge in [-0.15, -0.1) is 22.7 Å². The van der Waals surface area contributed by atoms with Crippen molar-refractivity contribution in [2.75, 3.05) is 0 Å². The van der Waals surface area contributed by atoms with Crippen LogP contribution in [0, 0.1) is 27.7 Å². The zero-order valence-electron chi connectivity index (χ0n) is 13.2. The monoisotopic (exact) mass is 342 g/mol. The summed E-state index contributed by atoms with van der Waals surface area (Å²) in [5, 5.41) is 1.30. The molecule has 0 amide bonds. The summed E-state index contributed by atoms with van der Waals surface area (Å²) in [5.41, 5.74) is 3.78. The molecule has 0 N–H and O–H groups in total. The summed E-state index contributed by atoms with van der Waals surface area (Å²) in [4.78, 5) is 12.4. The minimum absolute atomic E-state index is 0. The zero-order chi connectivity index (χ0) is 15.7. The molecule has 0 unspecified atom stereocenters.